The van der Waals surface area contributed by atoms with Crippen molar-refractivity contribution in [2.75, 3.05) is 45.8 Å². The Labute approximate surface area is 330 Å². The van der Waals surface area contributed by atoms with Gasteiger partial charge in [0.25, 0.3) is 0 Å². The normalized spacial score (nSPS) is 23.6. The van der Waals surface area contributed by atoms with Gasteiger partial charge in [-0.05, 0) is 114 Å². The number of phenolic OH excluding ortho intramolecular Hbond substituents is 1. The van der Waals surface area contributed by atoms with Crippen LogP contribution in [0.4, 0.5) is 0 Å². The van der Waals surface area contributed by atoms with Gasteiger partial charge in [0.1, 0.15) is 29.4 Å². The van der Waals surface area contributed by atoms with Crippen molar-refractivity contribution in [2.24, 2.45) is 34.6 Å². The number of ketones is 1. The molecule has 0 radical (unpaired) electrons. The summed E-state index contributed by atoms with van der Waals surface area (Å²) in [5, 5.41) is 26.8. The number of phenols is 1. The molecule has 1 aromatic rings. The predicted molar refractivity (Wildman–Crippen MR) is 218 cm³/mol. The molecule has 0 aromatic heterocycles. The van der Waals surface area contributed by atoms with E-state index in [1.165, 1.54) is 19.1 Å². The largest absolute Gasteiger partial charge is 0.508 e. The van der Waals surface area contributed by atoms with Gasteiger partial charge in [0, 0.05) is 45.1 Å². The number of hydrogen-bond donors (Lipinski definition) is 9. The number of carbonyl (C=O) groups excluding carboxylic acids is 5. The number of allylic oxidation sites excluding steroid dienone is 4. The quantitative estimate of drug-likeness (QED) is 0.140. The number of fused-ring (bicyclic) bond motifs is 2. The van der Waals surface area contributed by atoms with Gasteiger partial charge in [0.05, 0.1) is 12.1 Å². The Bertz CT molecular complexity index is 1560. The van der Waals surface area contributed by atoms with Gasteiger partial charge >= 0.3 is 0 Å². The fraction of sp³-hybridized carbons (Fsp3) is 0.575. The second-order valence-corrected chi connectivity index (χ2v) is 14.2. The number of amides is 4. The van der Waals surface area contributed by atoms with Gasteiger partial charge in [0.15, 0.2) is 0 Å². The molecule has 1 fully saturated rings. The minimum atomic E-state index is -1.08. The molecule has 2 bridgehead atoms. The fourth-order valence-corrected chi connectivity index (χ4v) is 6.50. The van der Waals surface area contributed by atoms with Crippen LogP contribution < -0.4 is 39.3 Å². The summed E-state index contributed by atoms with van der Waals surface area (Å²) in [5.74, 6) is -1.96. The highest BCUT2D eigenvalue weighted by Crippen LogP contribution is 2.24. The second-order valence-electron chi connectivity index (χ2n) is 14.2. The van der Waals surface area contributed by atoms with Crippen LogP contribution in [0.3, 0.4) is 0 Å². The van der Waals surface area contributed by atoms with Gasteiger partial charge in [-0.3, -0.25) is 24.0 Å². The number of likely N-dealkylation sites (tertiary alicyclic amines) is 1. The van der Waals surface area contributed by atoms with E-state index < -0.39 is 36.0 Å². The molecule has 2 heterocycles. The molecule has 2 aliphatic rings. The summed E-state index contributed by atoms with van der Waals surface area (Å²) in [5.41, 5.74) is 29.9. The standard InChI is InChI=1S/C31H43N5O6.C9H22N4O/c1-3-21-16-24(33)29(40)34-25(9-5-13-32)30(41)35-26(31(42)36-14-6-8-22(18-36)19(2)37)17-23-15-20(11-12-28(23)39)7-4-10-27(21)38;1-2-13(7-6-11)9(14)8(12)4-3-5-10/h3-4,7,10-12,15,22,24-26,38-39H,5-6,8-9,13-14,16-18,32-33H2,1-2H3,(H,34,40)(H,35,41);8H,2-7,10-12H2,1H3/b7-4-,21-3-,27-10+;/t22?,24?,25-,26?;8-/m00/s1. The van der Waals surface area contributed by atoms with Crippen LogP contribution >= 0.6 is 0 Å². The van der Waals surface area contributed by atoms with Crippen LogP contribution in [-0.4, -0.2) is 119 Å². The van der Waals surface area contributed by atoms with E-state index in [1.54, 1.807) is 47.1 Å². The number of aliphatic hydroxyl groups excluding tert-OH is 1. The van der Waals surface area contributed by atoms with Crippen LogP contribution in [0.25, 0.3) is 6.08 Å². The first-order valence-corrected chi connectivity index (χ1v) is 19.6. The molecule has 1 aromatic carbocycles. The molecule has 0 spiro atoms. The van der Waals surface area contributed by atoms with Gasteiger partial charge in [-0.15, -0.1) is 0 Å². The van der Waals surface area contributed by atoms with E-state index in [9.17, 15) is 34.2 Å². The van der Waals surface area contributed by atoms with Crippen LogP contribution in [-0.2, 0) is 30.4 Å². The highest BCUT2D eigenvalue weighted by atomic mass is 16.3. The number of Topliss-reactive ketones (excluding diaryl/α,β-unsaturated/α-hetero) is 1. The summed E-state index contributed by atoms with van der Waals surface area (Å²) in [4.78, 5) is 67.5. The van der Waals surface area contributed by atoms with Crippen LogP contribution in [0.1, 0.15) is 76.8 Å². The SMILES string of the molecule is CCN(CCN)C(=O)[C@@H](N)CCCN.C\C=C1CC(N)C(=O)N[C@@H](CCCN)C(=O)NC(C(=O)N2CCCC(C(C)=O)C2)Cc2cc(ccc2O)\C=C/C=C\1O. The first-order valence-electron chi connectivity index (χ1n) is 19.6. The maximum atomic E-state index is 13.8. The highest BCUT2D eigenvalue weighted by molar-refractivity contribution is 5.93. The summed E-state index contributed by atoms with van der Waals surface area (Å²) in [6, 6.07) is 1.31. The number of benzene rings is 1. The maximum Gasteiger partial charge on any atom is 0.245 e. The van der Waals surface area contributed by atoms with Crippen LogP contribution in [0.2, 0.25) is 0 Å². The molecular formula is C40H65N9O7. The molecule has 14 N–H and O–H groups in total. The lowest BCUT2D eigenvalue weighted by Gasteiger charge is -2.34. The van der Waals surface area contributed by atoms with Gasteiger partial charge in [0.2, 0.25) is 23.6 Å². The Hall–Kier alpha value is -4.61. The van der Waals surface area contributed by atoms with Crippen molar-refractivity contribution >= 4 is 35.5 Å². The van der Waals surface area contributed by atoms with E-state index in [0.29, 0.717) is 75.1 Å². The van der Waals surface area contributed by atoms with Crippen molar-refractivity contribution in [3.8, 4) is 5.75 Å². The van der Waals surface area contributed by atoms with E-state index in [1.807, 2.05) is 6.92 Å². The molecular weight excluding hydrogens is 718 g/mol. The topological polar surface area (TPSA) is 286 Å². The molecule has 1 saturated heterocycles. The Morgan fingerprint density at radius 2 is 1.75 bits per heavy atom. The van der Waals surface area contributed by atoms with Crippen molar-refractivity contribution in [1.29, 1.82) is 0 Å². The number of hydrogen-bond acceptors (Lipinski definition) is 12. The monoisotopic (exact) mass is 784 g/mol. The molecule has 0 aliphatic carbocycles. The maximum absolute atomic E-state index is 13.8. The molecule has 3 unspecified atom stereocenters. The molecule has 16 nitrogen and oxygen atoms in total. The molecule has 56 heavy (non-hydrogen) atoms. The van der Waals surface area contributed by atoms with E-state index in [2.05, 4.69) is 10.6 Å². The lowest BCUT2D eigenvalue weighted by molar-refractivity contribution is -0.139. The summed E-state index contributed by atoms with van der Waals surface area (Å²) >= 11 is 0. The number of piperidine rings is 1. The second kappa shape index (κ2) is 24.8. The third-order valence-electron chi connectivity index (χ3n) is 9.91. The first-order chi connectivity index (χ1) is 26.7. The van der Waals surface area contributed by atoms with Crippen molar-refractivity contribution in [1.82, 2.24) is 20.4 Å². The predicted octanol–water partition coefficient (Wildman–Crippen LogP) is 0.463. The van der Waals surface area contributed by atoms with Crippen molar-refractivity contribution in [3.05, 3.63) is 58.9 Å². The van der Waals surface area contributed by atoms with E-state index in [0.717, 1.165) is 6.42 Å². The zero-order valence-corrected chi connectivity index (χ0v) is 33.3. The van der Waals surface area contributed by atoms with Gasteiger partial charge in [-0.2, -0.15) is 0 Å². The number of likely N-dealkylation sites (N-methyl/N-ethyl adjacent to an activating group) is 1. The van der Waals surface area contributed by atoms with E-state index >= 15 is 0 Å². The molecule has 16 heteroatoms. The molecule has 5 atom stereocenters. The van der Waals surface area contributed by atoms with E-state index in [-0.39, 0.29) is 67.4 Å². The van der Waals surface area contributed by atoms with Crippen molar-refractivity contribution in [2.45, 2.75) is 96.3 Å². The lowest BCUT2D eigenvalue weighted by Crippen LogP contribution is -2.57. The van der Waals surface area contributed by atoms with Crippen molar-refractivity contribution < 1.29 is 34.2 Å². The molecule has 0 saturated carbocycles. The number of aliphatic hydroxyl groups is 1. The number of carbonyl (C=O) groups is 5. The Morgan fingerprint density at radius 1 is 1.04 bits per heavy atom. The summed E-state index contributed by atoms with van der Waals surface area (Å²) in [6.07, 6.45) is 9.91. The van der Waals surface area contributed by atoms with Crippen LogP contribution in [0.5, 0.6) is 5.75 Å². The average Bonchev–Trinajstić information content (AvgIpc) is 3.19. The number of nitrogens with zero attached hydrogens (tertiary/aromatic N) is 2. The number of aromatic hydroxyl groups is 1. The summed E-state index contributed by atoms with van der Waals surface area (Å²) < 4.78 is 0. The minimum Gasteiger partial charge on any atom is -0.508 e. The van der Waals surface area contributed by atoms with Gasteiger partial charge in [-0.1, -0.05) is 24.3 Å². The number of rotatable bonds is 12. The molecule has 4 amide bonds. The van der Waals surface area contributed by atoms with Gasteiger partial charge < -0.3 is 59.3 Å². The summed E-state index contributed by atoms with van der Waals surface area (Å²) in [7, 11) is 0. The summed E-state index contributed by atoms with van der Waals surface area (Å²) in [6.45, 7) is 8.40. The number of nitrogens with two attached hydrogens (primary N) is 5. The fourth-order valence-electron chi connectivity index (χ4n) is 6.50. The van der Waals surface area contributed by atoms with Crippen LogP contribution in [0.15, 0.2) is 47.8 Å². The lowest BCUT2D eigenvalue weighted by atomic mass is 9.93. The molecule has 2 aliphatic heterocycles. The Balaban J connectivity index is 0.000000656. The minimum absolute atomic E-state index is 0.00429. The van der Waals surface area contributed by atoms with Crippen molar-refractivity contribution in [3.63, 3.8) is 0 Å². The molecule has 312 valence electrons. The van der Waals surface area contributed by atoms with Crippen LogP contribution in [0, 0.1) is 5.92 Å². The zero-order chi connectivity index (χ0) is 41.8. The third kappa shape index (κ3) is 15.1. The average molecular weight is 784 g/mol. The smallest absolute Gasteiger partial charge is 0.245 e. The van der Waals surface area contributed by atoms with Gasteiger partial charge in [-0.25, -0.2) is 0 Å². The Kier molecular flexibility index (Phi) is 21.1. The Morgan fingerprint density at radius 3 is 2.38 bits per heavy atom. The number of nitrogens with one attached hydrogen (secondary N) is 2. The zero-order valence-electron chi connectivity index (χ0n) is 33.3. The third-order valence-corrected chi connectivity index (χ3v) is 9.91. The first kappa shape index (κ1) is 47.5. The van der Waals surface area contributed by atoms with E-state index in [4.69, 9.17) is 28.7 Å². The molecule has 3 rings (SSSR count). The highest BCUT2D eigenvalue weighted by Gasteiger charge is 2.34.